The molecule has 0 aliphatic carbocycles. The monoisotopic (exact) mass is 1070 g/mol. The molecule has 0 saturated heterocycles. The Hall–Kier alpha value is -5.96. The van der Waals surface area contributed by atoms with Gasteiger partial charge in [-0.15, -0.1) is 0 Å². The molecule has 4 aromatic rings. The van der Waals surface area contributed by atoms with Crippen molar-refractivity contribution in [3.63, 3.8) is 0 Å². The van der Waals surface area contributed by atoms with Gasteiger partial charge in [0.1, 0.15) is 24.3 Å². The Labute approximate surface area is 436 Å². The third-order valence-electron chi connectivity index (χ3n) is 13.1. The van der Waals surface area contributed by atoms with E-state index in [4.69, 9.17) is 0 Å². The molecule has 18 nitrogen and oxygen atoms in total. The Morgan fingerprint density at radius 1 is 0.459 bits per heavy atom. The molecule has 8 atom stereocenters. The van der Waals surface area contributed by atoms with Gasteiger partial charge in [0.25, 0.3) is 0 Å². The van der Waals surface area contributed by atoms with Crippen LogP contribution in [0.4, 0.5) is 0 Å². The number of hydrogen-bond acceptors (Lipinski definition) is 12. The van der Waals surface area contributed by atoms with Gasteiger partial charge in [0.2, 0.25) is 48.4 Å². The molecule has 406 valence electrons. The highest BCUT2D eigenvalue weighted by atomic mass is 32.2. The molecular formula is C54H78N6O12S2+2. The highest BCUT2D eigenvalue weighted by Crippen LogP contribution is 2.24. The summed E-state index contributed by atoms with van der Waals surface area (Å²) in [5.74, 6) is -7.43. The quantitative estimate of drug-likeness (QED) is 0.0352. The second-order valence-corrected chi connectivity index (χ2v) is 27.4. The van der Waals surface area contributed by atoms with E-state index in [-0.39, 0.29) is 25.7 Å². The number of pyridine rings is 2. The van der Waals surface area contributed by atoms with Crippen molar-refractivity contribution in [2.45, 2.75) is 141 Å². The third kappa shape index (κ3) is 17.6. The van der Waals surface area contributed by atoms with Gasteiger partial charge in [-0.1, -0.05) is 88.4 Å². The molecule has 0 saturated carbocycles. The Morgan fingerprint density at radius 3 is 1.01 bits per heavy atom. The number of hydrogen-bond donors (Lipinski definition) is 8. The minimum atomic E-state index is -3.86. The van der Waals surface area contributed by atoms with Crippen molar-refractivity contribution in [2.75, 3.05) is 11.5 Å². The largest absolute Gasteiger partial charge is 0.388 e. The number of sulfone groups is 2. The van der Waals surface area contributed by atoms with Gasteiger partial charge < -0.3 is 31.5 Å². The van der Waals surface area contributed by atoms with E-state index in [9.17, 15) is 56.6 Å². The highest BCUT2D eigenvalue weighted by molar-refractivity contribution is 7.93. The van der Waals surface area contributed by atoms with E-state index >= 15 is 0 Å². The summed E-state index contributed by atoms with van der Waals surface area (Å²) in [7, 11) is -7.73. The fourth-order valence-electron chi connectivity index (χ4n) is 8.11. The summed E-state index contributed by atoms with van der Waals surface area (Å²) in [4.78, 5) is 57.5. The molecule has 4 amide bonds. The molecular weight excluding hydrogens is 989 g/mol. The molecule has 4 rings (SSSR count). The number of carbonyl (C=O) groups is 4. The van der Waals surface area contributed by atoms with Gasteiger partial charge in [-0.05, 0) is 101 Å². The summed E-state index contributed by atoms with van der Waals surface area (Å²) >= 11 is 0. The van der Waals surface area contributed by atoms with E-state index in [0.717, 1.165) is 9.46 Å². The van der Waals surface area contributed by atoms with Gasteiger partial charge in [0.05, 0.1) is 44.9 Å². The average Bonchev–Trinajstić information content (AvgIpc) is 3.31. The first-order chi connectivity index (χ1) is 34.4. The molecule has 0 bridgehead atoms. The molecule has 0 fully saturated rings. The van der Waals surface area contributed by atoms with Crippen LogP contribution in [0, 0.1) is 23.7 Å². The van der Waals surface area contributed by atoms with Crippen LogP contribution >= 0.6 is 0 Å². The molecule has 0 radical (unpaired) electrons. The predicted molar refractivity (Wildman–Crippen MR) is 279 cm³/mol. The van der Waals surface area contributed by atoms with Crippen LogP contribution in [-0.2, 0) is 64.5 Å². The van der Waals surface area contributed by atoms with Crippen molar-refractivity contribution >= 4 is 43.3 Å². The number of amides is 4. The zero-order valence-electron chi connectivity index (χ0n) is 44.2. The maximum Gasteiger partial charge on any atom is 0.243 e. The number of nitrogens with one attached hydrogen (secondary N) is 4. The first-order valence-electron chi connectivity index (χ1n) is 24.9. The van der Waals surface area contributed by atoms with Crippen LogP contribution in [0.2, 0.25) is 0 Å². The summed E-state index contributed by atoms with van der Waals surface area (Å²) in [6.45, 7) is 15.9. The third-order valence-corrected chi connectivity index (χ3v) is 18.5. The van der Waals surface area contributed by atoms with Crippen molar-refractivity contribution in [2.24, 2.45) is 23.7 Å². The Bertz CT molecular complexity index is 2510. The molecule has 74 heavy (non-hydrogen) atoms. The summed E-state index contributed by atoms with van der Waals surface area (Å²) in [5, 5.41) is 55.4. The number of carbonyl (C=O) groups excluding carboxylic acids is 4. The maximum absolute atomic E-state index is 14.5. The lowest BCUT2D eigenvalue weighted by Crippen LogP contribution is -2.62. The highest BCUT2D eigenvalue weighted by Gasteiger charge is 2.41. The molecule has 2 heterocycles. The van der Waals surface area contributed by atoms with Crippen molar-refractivity contribution in [1.29, 1.82) is 0 Å². The van der Waals surface area contributed by atoms with E-state index in [2.05, 4.69) is 21.3 Å². The van der Waals surface area contributed by atoms with Crippen molar-refractivity contribution in [3.8, 4) is 0 Å². The number of aliphatic hydroxyl groups excluding tert-OH is 2. The van der Waals surface area contributed by atoms with Gasteiger partial charge in [0.15, 0.2) is 19.7 Å². The zero-order chi connectivity index (χ0) is 55.3. The zero-order valence-corrected chi connectivity index (χ0v) is 45.8. The summed E-state index contributed by atoms with van der Waals surface area (Å²) in [6.07, 6.45) is 1.70. The van der Waals surface area contributed by atoms with Gasteiger partial charge >= 0.3 is 0 Å². The second-order valence-electron chi connectivity index (χ2n) is 21.8. The van der Waals surface area contributed by atoms with Crippen molar-refractivity contribution in [1.82, 2.24) is 21.3 Å². The Kier molecular flexibility index (Phi) is 21.3. The maximum atomic E-state index is 14.5. The SMILES string of the molecule is CC(C)[C@H](NC(=O)[C@H](Cc1cc[n+](O)cc1)CS(=O)(=O)C(C)(C)C)C(=O)N[C@@H](Cc1ccccc1)[C@@H](O)[C@H](O)[C@H](Cc1ccccc1)NC(=O)[C@@H](NC(=O)[C@H](Cc1cc[n+](O)cc1)CS(=O)(=O)C(C)(C)C)C(C)C. The first-order valence-corrected chi connectivity index (χ1v) is 28.2. The summed E-state index contributed by atoms with van der Waals surface area (Å²) in [6, 6.07) is 18.9. The minimum Gasteiger partial charge on any atom is -0.388 e. The molecule has 2 aromatic heterocycles. The van der Waals surface area contributed by atoms with Crippen LogP contribution in [0.25, 0.3) is 0 Å². The topological polar surface area (TPSA) is 273 Å². The molecule has 2 aromatic carbocycles. The molecule has 8 N–H and O–H groups in total. The van der Waals surface area contributed by atoms with Gasteiger partial charge in [-0.25, -0.2) is 16.8 Å². The fourth-order valence-corrected chi connectivity index (χ4v) is 10.7. The summed E-state index contributed by atoms with van der Waals surface area (Å²) < 4.78 is 53.3. The van der Waals surface area contributed by atoms with E-state index < -0.39 is 124 Å². The van der Waals surface area contributed by atoms with Gasteiger partial charge in [-0.2, -0.15) is 0 Å². The van der Waals surface area contributed by atoms with Crippen molar-refractivity contribution < 1.29 is 66.1 Å². The smallest absolute Gasteiger partial charge is 0.243 e. The molecule has 0 aliphatic rings. The Morgan fingerprint density at radius 2 is 0.743 bits per heavy atom. The molecule has 0 unspecified atom stereocenters. The normalized spacial score (nSPS) is 15.7. The number of nitrogens with zero attached hydrogens (tertiary/aromatic N) is 2. The van der Waals surface area contributed by atoms with Gasteiger partial charge in [0, 0.05) is 33.7 Å². The van der Waals surface area contributed by atoms with E-state index in [1.54, 1.807) is 113 Å². The first kappa shape index (κ1) is 60.6. The fraction of sp³-hybridized carbons (Fsp3) is 0.519. The number of rotatable bonds is 25. The molecule has 0 spiro atoms. The van der Waals surface area contributed by atoms with Crippen LogP contribution in [-0.4, -0.2) is 118 Å². The summed E-state index contributed by atoms with van der Waals surface area (Å²) in [5.41, 5.74) is 2.44. The second kappa shape index (κ2) is 26.0. The predicted octanol–water partition coefficient (Wildman–Crippen LogP) is 2.64. The van der Waals surface area contributed by atoms with E-state index in [0.29, 0.717) is 22.3 Å². The van der Waals surface area contributed by atoms with Gasteiger partial charge in [-0.3, -0.25) is 29.6 Å². The van der Waals surface area contributed by atoms with Crippen LogP contribution in [0.1, 0.15) is 91.5 Å². The molecule has 0 aliphatic heterocycles. The van der Waals surface area contributed by atoms with Crippen LogP contribution in [0.3, 0.4) is 0 Å². The van der Waals surface area contributed by atoms with Crippen LogP contribution in [0.15, 0.2) is 110 Å². The van der Waals surface area contributed by atoms with Crippen LogP contribution < -0.4 is 30.7 Å². The van der Waals surface area contributed by atoms with E-state index in [1.807, 2.05) is 0 Å². The van der Waals surface area contributed by atoms with Crippen LogP contribution in [0.5, 0.6) is 0 Å². The van der Waals surface area contributed by atoms with E-state index in [1.165, 1.54) is 66.3 Å². The van der Waals surface area contributed by atoms with Crippen molar-refractivity contribution in [3.05, 3.63) is 132 Å². The standard InChI is InChI=1S/C54H76N6O12S2/c1-35(2)45(57-49(63)41(33-73(69,70)53(5,6)7)29-39-21-25-59(67)26-22-39)51(65)55-43(31-37-17-13-11-14-18-37)47(61)48(62)44(32-38-19-15-12-16-20-38)56-52(66)46(36(3)4)58-50(64)42(34-74(71,72)54(8,9)10)30-40-23-27-60(68)28-24-40/h11-28,35-36,41-48,61-62H,29-34H2,1-10H3,(H4-2,55,56,57,58,63,64,65,66,67,68)/p+2/t41-,42-,43+,44+,45+,46+,47-,48-/m1/s1. The minimum absolute atomic E-state index is 0.0237. The Balaban J connectivity index is 1.67. The number of aromatic nitrogens is 2. The lowest BCUT2D eigenvalue weighted by Gasteiger charge is -2.35. The average molecular weight is 1070 g/mol. The number of benzene rings is 2. The lowest BCUT2D eigenvalue weighted by molar-refractivity contribution is -0.904. The molecule has 20 heteroatoms. The lowest BCUT2D eigenvalue weighted by atomic mass is 9.90. The number of aliphatic hydroxyl groups is 2.